The van der Waals surface area contributed by atoms with Crippen LogP contribution in [0.3, 0.4) is 0 Å². The Labute approximate surface area is 137 Å². The van der Waals surface area contributed by atoms with Crippen molar-refractivity contribution in [2.24, 2.45) is 5.73 Å². The fraction of sp³-hybridized carbons (Fsp3) is 0. The van der Waals surface area contributed by atoms with Crippen LogP contribution < -0.4 is 10.5 Å². The predicted molar refractivity (Wildman–Crippen MR) is 86.7 cm³/mol. The molecule has 8 heteroatoms. The zero-order valence-electron chi connectivity index (χ0n) is 12.2. The lowest BCUT2D eigenvalue weighted by Gasteiger charge is -2.07. The molecule has 2 aromatic carbocycles. The van der Waals surface area contributed by atoms with Crippen molar-refractivity contribution in [2.45, 2.75) is 4.90 Å². The molecular weight excluding hydrogens is 330 g/mol. The number of para-hydroxylation sites is 1. The minimum Gasteiger partial charge on any atom is -0.449 e. The lowest BCUT2D eigenvalue weighted by atomic mass is 10.2. The molecule has 0 aliphatic carbocycles. The molecule has 0 saturated heterocycles. The summed E-state index contributed by atoms with van der Waals surface area (Å²) >= 11 is 0. The highest BCUT2D eigenvalue weighted by atomic mass is 32.2. The number of carbonyl (C=O) groups is 1. The molecule has 3 rings (SSSR count). The molecule has 7 nitrogen and oxygen atoms in total. The van der Waals surface area contributed by atoms with E-state index in [2.05, 4.69) is 4.72 Å². The number of primary amides is 1. The summed E-state index contributed by atoms with van der Waals surface area (Å²) in [5.41, 5.74) is 5.93. The van der Waals surface area contributed by atoms with Crippen LogP contribution in [0.5, 0.6) is 0 Å². The maximum Gasteiger partial charge on any atom is 0.286 e. The molecule has 0 saturated carbocycles. The fourth-order valence-corrected chi connectivity index (χ4v) is 3.31. The van der Waals surface area contributed by atoms with Gasteiger partial charge in [-0.05, 0) is 36.4 Å². The number of rotatable bonds is 4. The van der Waals surface area contributed by atoms with Gasteiger partial charge in [0.05, 0.1) is 16.5 Å². The molecule has 120 valence electrons. The van der Waals surface area contributed by atoms with Gasteiger partial charge in [-0.25, -0.2) is 8.42 Å². The molecule has 1 amide bonds. The largest absolute Gasteiger partial charge is 0.449 e. The van der Waals surface area contributed by atoms with Gasteiger partial charge in [0.2, 0.25) is 5.76 Å². The lowest BCUT2D eigenvalue weighted by Crippen LogP contribution is -2.17. The van der Waals surface area contributed by atoms with E-state index in [-0.39, 0.29) is 16.3 Å². The maximum absolute atomic E-state index is 12.5. The number of carbonyl (C=O) groups excluding carboxylic acids is 1. The lowest BCUT2D eigenvalue weighted by molar-refractivity contribution is 0.0977. The van der Waals surface area contributed by atoms with Crippen LogP contribution in [0, 0.1) is 11.3 Å². The average molecular weight is 341 g/mol. The first kappa shape index (κ1) is 15.6. The number of furan rings is 1. The highest BCUT2D eigenvalue weighted by Crippen LogP contribution is 2.32. The Kier molecular flexibility index (Phi) is 3.71. The van der Waals surface area contributed by atoms with E-state index < -0.39 is 15.9 Å². The van der Waals surface area contributed by atoms with E-state index >= 15 is 0 Å². The number of nitrogens with two attached hydrogens (primary N) is 1. The van der Waals surface area contributed by atoms with Crippen molar-refractivity contribution in [3.05, 3.63) is 59.9 Å². The molecule has 0 bridgehead atoms. The van der Waals surface area contributed by atoms with Crippen molar-refractivity contribution in [1.29, 1.82) is 5.26 Å². The topological polar surface area (TPSA) is 126 Å². The van der Waals surface area contributed by atoms with Crippen LogP contribution in [0.1, 0.15) is 16.1 Å². The van der Waals surface area contributed by atoms with Gasteiger partial charge in [-0.15, -0.1) is 0 Å². The van der Waals surface area contributed by atoms with Crippen molar-refractivity contribution in [3.8, 4) is 6.07 Å². The standard InChI is InChI=1S/C16H11N3O4S/c17-9-10-5-7-11(8-6-10)24(21,22)19-14-12-3-1-2-4-13(12)23-15(14)16(18)20/h1-8,19H,(H2,18,20). The number of nitrogens with zero attached hydrogens (tertiary/aromatic N) is 1. The quantitative estimate of drug-likeness (QED) is 0.752. The summed E-state index contributed by atoms with van der Waals surface area (Å²) in [7, 11) is -3.98. The van der Waals surface area contributed by atoms with E-state index in [1.807, 2.05) is 6.07 Å². The van der Waals surface area contributed by atoms with Gasteiger partial charge in [0, 0.05) is 5.39 Å². The molecule has 1 heterocycles. The van der Waals surface area contributed by atoms with E-state index in [9.17, 15) is 13.2 Å². The Balaban J connectivity index is 2.09. The predicted octanol–water partition coefficient (Wildman–Crippen LogP) is 2.20. The highest BCUT2D eigenvalue weighted by Gasteiger charge is 2.23. The Morgan fingerprint density at radius 1 is 1.12 bits per heavy atom. The van der Waals surface area contributed by atoms with Crippen LogP contribution in [0.2, 0.25) is 0 Å². The summed E-state index contributed by atoms with van der Waals surface area (Å²) in [6.45, 7) is 0. The first-order valence-electron chi connectivity index (χ1n) is 6.76. The zero-order chi connectivity index (χ0) is 17.3. The third-order valence-electron chi connectivity index (χ3n) is 3.35. The Morgan fingerprint density at radius 3 is 2.42 bits per heavy atom. The summed E-state index contributed by atoms with van der Waals surface area (Å²) in [4.78, 5) is 11.5. The van der Waals surface area contributed by atoms with Gasteiger partial charge in [0.1, 0.15) is 11.3 Å². The van der Waals surface area contributed by atoms with Crippen LogP contribution >= 0.6 is 0 Å². The maximum atomic E-state index is 12.5. The van der Waals surface area contributed by atoms with E-state index in [4.69, 9.17) is 15.4 Å². The minimum atomic E-state index is -3.98. The van der Waals surface area contributed by atoms with Crippen molar-refractivity contribution < 1.29 is 17.6 Å². The highest BCUT2D eigenvalue weighted by molar-refractivity contribution is 7.92. The third-order valence-corrected chi connectivity index (χ3v) is 4.72. The molecule has 0 unspecified atom stereocenters. The summed E-state index contributed by atoms with van der Waals surface area (Å²) in [5.74, 6) is -1.16. The zero-order valence-corrected chi connectivity index (χ0v) is 13.0. The minimum absolute atomic E-state index is 0.0116. The van der Waals surface area contributed by atoms with Gasteiger partial charge in [0.25, 0.3) is 15.9 Å². The average Bonchev–Trinajstić information content (AvgIpc) is 2.93. The molecule has 0 radical (unpaired) electrons. The number of anilines is 1. The molecule has 0 spiro atoms. The molecule has 0 fully saturated rings. The third kappa shape index (κ3) is 2.68. The first-order chi connectivity index (χ1) is 11.4. The molecule has 0 atom stereocenters. The number of nitrogens with one attached hydrogen (secondary N) is 1. The van der Waals surface area contributed by atoms with Gasteiger partial charge in [-0.3, -0.25) is 9.52 Å². The molecule has 3 aromatic rings. The molecular formula is C16H11N3O4S. The summed E-state index contributed by atoms with van der Waals surface area (Å²) in [6, 6.07) is 13.9. The van der Waals surface area contributed by atoms with Crippen molar-refractivity contribution in [2.75, 3.05) is 4.72 Å². The number of nitriles is 1. The number of hydrogen-bond acceptors (Lipinski definition) is 5. The molecule has 24 heavy (non-hydrogen) atoms. The SMILES string of the molecule is N#Cc1ccc(S(=O)(=O)Nc2c(C(N)=O)oc3ccccc23)cc1. The summed E-state index contributed by atoms with van der Waals surface area (Å²) < 4.78 is 32.7. The number of hydrogen-bond donors (Lipinski definition) is 2. The van der Waals surface area contributed by atoms with Crippen molar-refractivity contribution >= 4 is 32.6 Å². The van der Waals surface area contributed by atoms with E-state index in [0.717, 1.165) is 0 Å². The fourth-order valence-electron chi connectivity index (χ4n) is 2.22. The van der Waals surface area contributed by atoms with Gasteiger partial charge in [0.15, 0.2) is 0 Å². The van der Waals surface area contributed by atoms with Crippen LogP contribution in [0.4, 0.5) is 5.69 Å². The Morgan fingerprint density at radius 2 is 1.79 bits per heavy atom. The second-order valence-electron chi connectivity index (χ2n) is 4.91. The van der Waals surface area contributed by atoms with Crippen molar-refractivity contribution in [1.82, 2.24) is 0 Å². The normalized spacial score (nSPS) is 11.1. The number of sulfonamides is 1. The summed E-state index contributed by atoms with van der Waals surface area (Å²) in [6.07, 6.45) is 0. The van der Waals surface area contributed by atoms with E-state index in [0.29, 0.717) is 16.5 Å². The second kappa shape index (κ2) is 5.72. The van der Waals surface area contributed by atoms with Crippen LogP contribution in [0.15, 0.2) is 57.8 Å². The number of benzene rings is 2. The first-order valence-corrected chi connectivity index (χ1v) is 8.25. The monoisotopic (exact) mass is 341 g/mol. The van der Waals surface area contributed by atoms with Gasteiger partial charge in [-0.2, -0.15) is 5.26 Å². The summed E-state index contributed by atoms with van der Waals surface area (Å²) in [5, 5.41) is 9.20. The smallest absolute Gasteiger partial charge is 0.286 e. The number of fused-ring (bicyclic) bond motifs is 1. The molecule has 3 N–H and O–H groups in total. The van der Waals surface area contributed by atoms with Gasteiger partial charge in [-0.1, -0.05) is 12.1 Å². The van der Waals surface area contributed by atoms with Crippen LogP contribution in [-0.2, 0) is 10.0 Å². The van der Waals surface area contributed by atoms with Crippen LogP contribution in [0.25, 0.3) is 11.0 Å². The van der Waals surface area contributed by atoms with Crippen LogP contribution in [-0.4, -0.2) is 14.3 Å². The van der Waals surface area contributed by atoms with Gasteiger partial charge < -0.3 is 10.2 Å². The Hall–Kier alpha value is -3.31. The van der Waals surface area contributed by atoms with E-state index in [1.165, 1.54) is 24.3 Å². The molecule has 0 aliphatic heterocycles. The molecule has 0 aliphatic rings. The van der Waals surface area contributed by atoms with E-state index in [1.54, 1.807) is 24.3 Å². The molecule has 1 aromatic heterocycles. The number of amides is 1. The van der Waals surface area contributed by atoms with Crippen molar-refractivity contribution in [3.63, 3.8) is 0 Å². The van der Waals surface area contributed by atoms with Gasteiger partial charge >= 0.3 is 0 Å². The Bertz CT molecular complexity index is 1080. The second-order valence-corrected chi connectivity index (χ2v) is 6.59.